The van der Waals surface area contributed by atoms with Crippen LogP contribution >= 0.6 is 11.6 Å². The maximum atomic E-state index is 10.9. The van der Waals surface area contributed by atoms with Crippen molar-refractivity contribution in [2.75, 3.05) is 13.1 Å². The fourth-order valence-electron chi connectivity index (χ4n) is 2.07. The van der Waals surface area contributed by atoms with Gasteiger partial charge in [-0.3, -0.25) is 14.7 Å². The van der Waals surface area contributed by atoms with Gasteiger partial charge in [-0.25, -0.2) is 4.98 Å². The number of aliphatic carboxylic acids is 1. The largest absolute Gasteiger partial charge is 0.481 e. The first kappa shape index (κ1) is 12.3. The summed E-state index contributed by atoms with van der Waals surface area (Å²) in [5, 5.41) is 9.39. The van der Waals surface area contributed by atoms with E-state index in [0.717, 1.165) is 19.4 Å². The minimum atomic E-state index is -0.722. The predicted molar refractivity (Wildman–Crippen MR) is 62.7 cm³/mol. The van der Waals surface area contributed by atoms with Crippen molar-refractivity contribution in [3.63, 3.8) is 0 Å². The molecule has 0 aromatic carbocycles. The molecule has 1 N–H and O–H groups in total. The lowest BCUT2D eigenvalue weighted by molar-refractivity contribution is -0.143. The molecule has 1 saturated heterocycles. The summed E-state index contributed by atoms with van der Waals surface area (Å²) < 4.78 is 0. The Morgan fingerprint density at radius 3 is 3.00 bits per heavy atom. The fourth-order valence-corrected chi connectivity index (χ4v) is 2.23. The van der Waals surface area contributed by atoms with Gasteiger partial charge in [-0.15, -0.1) is 0 Å². The van der Waals surface area contributed by atoms with E-state index in [4.69, 9.17) is 16.7 Å². The highest BCUT2D eigenvalue weighted by Gasteiger charge is 2.25. The Morgan fingerprint density at radius 1 is 1.53 bits per heavy atom. The third-order valence-electron chi connectivity index (χ3n) is 2.95. The van der Waals surface area contributed by atoms with Crippen molar-refractivity contribution in [2.45, 2.75) is 19.4 Å². The van der Waals surface area contributed by atoms with Crippen molar-refractivity contribution in [1.82, 2.24) is 14.9 Å². The van der Waals surface area contributed by atoms with Crippen LogP contribution in [0.2, 0.25) is 5.15 Å². The number of piperidine rings is 1. The second-order valence-corrected chi connectivity index (χ2v) is 4.56. The first-order valence-electron chi connectivity index (χ1n) is 5.57. The van der Waals surface area contributed by atoms with Crippen LogP contribution in [0.4, 0.5) is 0 Å². The van der Waals surface area contributed by atoms with Crippen molar-refractivity contribution in [1.29, 1.82) is 0 Å². The van der Waals surface area contributed by atoms with Crippen LogP contribution in [0.3, 0.4) is 0 Å². The van der Waals surface area contributed by atoms with Crippen molar-refractivity contribution in [2.24, 2.45) is 5.92 Å². The molecule has 0 unspecified atom stereocenters. The highest BCUT2D eigenvalue weighted by atomic mass is 35.5. The van der Waals surface area contributed by atoms with Gasteiger partial charge < -0.3 is 5.11 Å². The van der Waals surface area contributed by atoms with Gasteiger partial charge >= 0.3 is 5.97 Å². The van der Waals surface area contributed by atoms with Crippen LogP contribution in [0.25, 0.3) is 0 Å². The average Bonchev–Trinajstić information content (AvgIpc) is 2.32. The first-order valence-corrected chi connectivity index (χ1v) is 5.95. The van der Waals surface area contributed by atoms with Crippen molar-refractivity contribution < 1.29 is 9.90 Å². The predicted octanol–water partition coefficient (Wildman–Crippen LogP) is 1.43. The number of hydrogen-bond acceptors (Lipinski definition) is 4. The highest BCUT2D eigenvalue weighted by molar-refractivity contribution is 6.29. The molecule has 92 valence electrons. The van der Waals surface area contributed by atoms with Crippen molar-refractivity contribution in [3.8, 4) is 0 Å². The molecule has 1 atom stereocenters. The summed E-state index contributed by atoms with van der Waals surface area (Å²) in [6.07, 6.45) is 4.79. The summed E-state index contributed by atoms with van der Waals surface area (Å²) in [4.78, 5) is 21.1. The monoisotopic (exact) mass is 255 g/mol. The number of rotatable bonds is 3. The zero-order valence-corrected chi connectivity index (χ0v) is 10.1. The third kappa shape index (κ3) is 3.14. The van der Waals surface area contributed by atoms with Gasteiger partial charge in [-0.1, -0.05) is 11.6 Å². The molecule has 0 aliphatic carbocycles. The zero-order valence-electron chi connectivity index (χ0n) is 9.34. The minimum absolute atomic E-state index is 0.279. The molecule has 1 aliphatic rings. The van der Waals surface area contributed by atoms with Gasteiger partial charge in [0.15, 0.2) is 5.15 Å². The van der Waals surface area contributed by atoms with E-state index in [1.54, 1.807) is 12.4 Å². The molecule has 0 saturated carbocycles. The lowest BCUT2D eigenvalue weighted by atomic mass is 9.98. The standard InChI is InChI=1S/C11H14ClN3O2/c12-10-9(13-3-4-14-10)7-15-5-1-2-8(6-15)11(16)17/h3-4,8H,1-2,5-7H2,(H,16,17)/t8-/m0/s1. The maximum Gasteiger partial charge on any atom is 0.307 e. The van der Waals surface area contributed by atoms with E-state index < -0.39 is 5.97 Å². The Kier molecular flexibility index (Phi) is 3.91. The molecule has 1 aromatic rings. The van der Waals surface area contributed by atoms with E-state index in [-0.39, 0.29) is 5.92 Å². The number of nitrogens with zero attached hydrogens (tertiary/aromatic N) is 3. The van der Waals surface area contributed by atoms with Crippen LogP contribution in [-0.2, 0) is 11.3 Å². The van der Waals surface area contributed by atoms with Crippen LogP contribution in [0.5, 0.6) is 0 Å². The third-order valence-corrected chi connectivity index (χ3v) is 3.27. The van der Waals surface area contributed by atoms with Gasteiger partial charge in [0, 0.05) is 25.5 Å². The van der Waals surface area contributed by atoms with E-state index in [0.29, 0.717) is 23.9 Å². The molecule has 1 fully saturated rings. The molecule has 0 bridgehead atoms. The van der Waals surface area contributed by atoms with Gasteiger partial charge in [0.05, 0.1) is 11.6 Å². The quantitative estimate of drug-likeness (QED) is 0.885. The summed E-state index contributed by atoms with van der Waals surface area (Å²) in [6.45, 7) is 2.01. The summed E-state index contributed by atoms with van der Waals surface area (Å²) in [5.41, 5.74) is 0.709. The molecule has 0 amide bonds. The van der Waals surface area contributed by atoms with Crippen LogP contribution < -0.4 is 0 Å². The SMILES string of the molecule is O=C(O)[C@H]1CCCN(Cc2nccnc2Cl)C1. The number of carboxylic acids is 1. The molecule has 1 aliphatic heterocycles. The highest BCUT2D eigenvalue weighted by Crippen LogP contribution is 2.19. The Balaban J connectivity index is 1.99. The van der Waals surface area contributed by atoms with Gasteiger partial charge in [0.2, 0.25) is 0 Å². The van der Waals surface area contributed by atoms with E-state index in [2.05, 4.69) is 14.9 Å². The number of hydrogen-bond donors (Lipinski definition) is 1. The molecule has 0 radical (unpaired) electrons. The number of carboxylic acid groups (broad SMARTS) is 1. The maximum absolute atomic E-state index is 10.9. The number of likely N-dealkylation sites (tertiary alicyclic amines) is 1. The van der Waals surface area contributed by atoms with E-state index >= 15 is 0 Å². The minimum Gasteiger partial charge on any atom is -0.481 e. The van der Waals surface area contributed by atoms with Gasteiger partial charge in [0.25, 0.3) is 0 Å². The zero-order chi connectivity index (χ0) is 12.3. The Bertz CT molecular complexity index is 413. The second kappa shape index (κ2) is 5.42. The molecule has 5 nitrogen and oxygen atoms in total. The first-order chi connectivity index (χ1) is 8.16. The van der Waals surface area contributed by atoms with Gasteiger partial charge in [0.1, 0.15) is 0 Å². The molecule has 2 rings (SSSR count). The Labute approximate surface area is 104 Å². The van der Waals surface area contributed by atoms with Gasteiger partial charge in [-0.05, 0) is 19.4 Å². The number of carbonyl (C=O) groups is 1. The molecule has 17 heavy (non-hydrogen) atoms. The summed E-state index contributed by atoms with van der Waals surface area (Å²) in [7, 11) is 0. The molecular weight excluding hydrogens is 242 g/mol. The van der Waals surface area contributed by atoms with Crippen LogP contribution in [0, 0.1) is 5.92 Å². The number of aromatic nitrogens is 2. The molecule has 0 spiro atoms. The lowest BCUT2D eigenvalue weighted by Crippen LogP contribution is -2.38. The second-order valence-electron chi connectivity index (χ2n) is 4.21. The van der Waals surface area contributed by atoms with Gasteiger partial charge in [-0.2, -0.15) is 0 Å². The summed E-state index contributed by atoms with van der Waals surface area (Å²) in [6, 6.07) is 0. The topological polar surface area (TPSA) is 66.3 Å². The van der Waals surface area contributed by atoms with Crippen molar-refractivity contribution in [3.05, 3.63) is 23.2 Å². The van der Waals surface area contributed by atoms with Crippen molar-refractivity contribution >= 4 is 17.6 Å². The normalized spacial score (nSPS) is 21.4. The fraction of sp³-hybridized carbons (Fsp3) is 0.545. The number of halogens is 1. The summed E-state index contributed by atoms with van der Waals surface area (Å²) in [5.74, 6) is -1.00. The molecule has 2 heterocycles. The van der Waals surface area contributed by atoms with Crippen LogP contribution in [-0.4, -0.2) is 39.0 Å². The van der Waals surface area contributed by atoms with Crippen LogP contribution in [0.1, 0.15) is 18.5 Å². The van der Waals surface area contributed by atoms with E-state index in [1.807, 2.05) is 0 Å². The average molecular weight is 256 g/mol. The Hall–Kier alpha value is -1.20. The lowest BCUT2D eigenvalue weighted by Gasteiger charge is -2.30. The molecule has 1 aromatic heterocycles. The van der Waals surface area contributed by atoms with E-state index in [9.17, 15) is 4.79 Å². The molecular formula is C11H14ClN3O2. The van der Waals surface area contributed by atoms with Crippen LogP contribution in [0.15, 0.2) is 12.4 Å². The molecule has 6 heteroatoms. The Morgan fingerprint density at radius 2 is 2.29 bits per heavy atom. The smallest absolute Gasteiger partial charge is 0.307 e. The van der Waals surface area contributed by atoms with E-state index in [1.165, 1.54) is 0 Å². The summed E-state index contributed by atoms with van der Waals surface area (Å²) >= 11 is 5.93.